The first-order valence-corrected chi connectivity index (χ1v) is 5.02. The third kappa shape index (κ3) is 3.31. The van der Waals surface area contributed by atoms with Crippen molar-refractivity contribution in [3.05, 3.63) is 0 Å². The van der Waals surface area contributed by atoms with E-state index in [9.17, 15) is 18.0 Å². The molecule has 0 heterocycles. The summed E-state index contributed by atoms with van der Waals surface area (Å²) in [5.74, 6) is -0.666. The maximum atomic E-state index is 12.1. The molecule has 2 atom stereocenters. The molecule has 1 rings (SSSR count). The minimum atomic E-state index is -4.20. The van der Waals surface area contributed by atoms with Crippen LogP contribution in [0, 0.1) is 11.8 Å². The highest BCUT2D eigenvalue weighted by molar-refractivity contribution is 5.81. The Kier molecular flexibility index (Phi) is 3.56. The molecule has 0 spiro atoms. The fourth-order valence-electron chi connectivity index (χ4n) is 2.05. The average Bonchev–Trinajstić information content (AvgIpc) is 2.06. The Balaban J connectivity index is 2.53. The Morgan fingerprint density at radius 3 is 2.57 bits per heavy atom. The molecule has 14 heavy (non-hydrogen) atoms. The Hall–Kier alpha value is -0.540. The van der Waals surface area contributed by atoms with Gasteiger partial charge in [-0.1, -0.05) is 13.3 Å². The number of Topliss-reactive ketones (excluding diaryl/α,β-unsaturated/α-hetero) is 1. The van der Waals surface area contributed by atoms with E-state index >= 15 is 0 Å². The van der Waals surface area contributed by atoms with E-state index in [0.717, 1.165) is 12.8 Å². The lowest BCUT2D eigenvalue weighted by Gasteiger charge is -2.27. The highest BCUT2D eigenvalue weighted by Gasteiger charge is 2.37. The third-order valence-corrected chi connectivity index (χ3v) is 2.93. The summed E-state index contributed by atoms with van der Waals surface area (Å²) >= 11 is 0. The lowest BCUT2D eigenvalue weighted by molar-refractivity contribution is -0.156. The average molecular weight is 208 g/mol. The molecule has 0 aromatic rings. The molecule has 1 saturated carbocycles. The van der Waals surface area contributed by atoms with Crippen molar-refractivity contribution in [2.45, 2.75) is 45.2 Å². The van der Waals surface area contributed by atoms with Crippen LogP contribution in [0.5, 0.6) is 0 Å². The van der Waals surface area contributed by atoms with Crippen LogP contribution in [0.3, 0.4) is 0 Å². The molecule has 0 saturated heterocycles. The van der Waals surface area contributed by atoms with Crippen molar-refractivity contribution in [2.75, 3.05) is 0 Å². The van der Waals surface area contributed by atoms with Gasteiger partial charge in [-0.2, -0.15) is 13.2 Å². The molecule has 82 valence electrons. The maximum Gasteiger partial charge on any atom is 0.389 e. The Labute approximate surface area is 81.7 Å². The topological polar surface area (TPSA) is 17.1 Å². The second-order valence-corrected chi connectivity index (χ2v) is 4.03. The summed E-state index contributed by atoms with van der Waals surface area (Å²) < 4.78 is 36.3. The molecular weight excluding hydrogens is 193 g/mol. The van der Waals surface area contributed by atoms with Crippen LogP contribution in [0.2, 0.25) is 0 Å². The number of carbonyl (C=O) groups is 1. The van der Waals surface area contributed by atoms with Crippen LogP contribution >= 0.6 is 0 Å². The van der Waals surface area contributed by atoms with Crippen molar-refractivity contribution >= 4 is 5.78 Å². The van der Waals surface area contributed by atoms with Crippen molar-refractivity contribution in [3.8, 4) is 0 Å². The SMILES string of the molecule is CCC1CCC(=O)C(CC(F)(F)F)C1. The van der Waals surface area contributed by atoms with Gasteiger partial charge in [0.15, 0.2) is 0 Å². The number of hydrogen-bond donors (Lipinski definition) is 0. The van der Waals surface area contributed by atoms with E-state index in [1.165, 1.54) is 0 Å². The summed E-state index contributed by atoms with van der Waals surface area (Å²) in [4.78, 5) is 11.2. The first-order chi connectivity index (χ1) is 6.42. The summed E-state index contributed by atoms with van der Waals surface area (Å²) in [5, 5.41) is 0. The minimum Gasteiger partial charge on any atom is -0.299 e. The fraction of sp³-hybridized carbons (Fsp3) is 0.900. The zero-order valence-corrected chi connectivity index (χ0v) is 8.23. The molecule has 4 heteroatoms. The zero-order valence-electron chi connectivity index (χ0n) is 8.23. The van der Waals surface area contributed by atoms with Gasteiger partial charge in [-0.05, 0) is 18.8 Å². The van der Waals surface area contributed by atoms with Gasteiger partial charge < -0.3 is 0 Å². The molecule has 1 fully saturated rings. The van der Waals surface area contributed by atoms with Crippen LogP contribution in [-0.2, 0) is 4.79 Å². The number of ketones is 1. The van der Waals surface area contributed by atoms with Gasteiger partial charge in [0.1, 0.15) is 5.78 Å². The van der Waals surface area contributed by atoms with Gasteiger partial charge in [-0.3, -0.25) is 4.79 Å². The fourth-order valence-corrected chi connectivity index (χ4v) is 2.05. The Bertz CT molecular complexity index is 210. The van der Waals surface area contributed by atoms with Gasteiger partial charge in [0.05, 0.1) is 6.42 Å². The lowest BCUT2D eigenvalue weighted by atomic mass is 9.78. The van der Waals surface area contributed by atoms with Crippen LogP contribution in [0.4, 0.5) is 13.2 Å². The molecule has 0 amide bonds. The smallest absolute Gasteiger partial charge is 0.299 e. The Morgan fingerprint density at radius 2 is 2.07 bits per heavy atom. The van der Waals surface area contributed by atoms with Crippen molar-refractivity contribution in [1.29, 1.82) is 0 Å². The van der Waals surface area contributed by atoms with Crippen LogP contribution < -0.4 is 0 Å². The first-order valence-electron chi connectivity index (χ1n) is 5.02. The summed E-state index contributed by atoms with van der Waals surface area (Å²) in [5.41, 5.74) is 0. The largest absolute Gasteiger partial charge is 0.389 e. The predicted molar refractivity (Wildman–Crippen MR) is 46.8 cm³/mol. The molecule has 0 aromatic heterocycles. The van der Waals surface area contributed by atoms with E-state index in [1.807, 2.05) is 6.92 Å². The lowest BCUT2D eigenvalue weighted by Crippen LogP contribution is -2.29. The molecule has 0 N–H and O–H groups in total. The zero-order chi connectivity index (χ0) is 10.8. The number of alkyl halides is 3. The second-order valence-electron chi connectivity index (χ2n) is 4.03. The van der Waals surface area contributed by atoms with Crippen molar-refractivity contribution in [3.63, 3.8) is 0 Å². The van der Waals surface area contributed by atoms with E-state index < -0.39 is 18.5 Å². The monoisotopic (exact) mass is 208 g/mol. The quantitative estimate of drug-likeness (QED) is 0.680. The van der Waals surface area contributed by atoms with Crippen LogP contribution in [0.25, 0.3) is 0 Å². The molecular formula is C10H15F3O. The van der Waals surface area contributed by atoms with Gasteiger partial charge in [0.2, 0.25) is 0 Å². The van der Waals surface area contributed by atoms with Gasteiger partial charge in [-0.25, -0.2) is 0 Å². The number of carbonyl (C=O) groups excluding carboxylic acids is 1. The van der Waals surface area contributed by atoms with E-state index in [0.29, 0.717) is 18.8 Å². The molecule has 1 aliphatic rings. The normalized spacial score (nSPS) is 29.3. The van der Waals surface area contributed by atoms with E-state index in [1.54, 1.807) is 0 Å². The van der Waals surface area contributed by atoms with Crippen molar-refractivity contribution < 1.29 is 18.0 Å². The number of halogens is 3. The summed E-state index contributed by atoms with van der Waals surface area (Å²) in [6.45, 7) is 1.96. The standard InChI is InChI=1S/C10H15F3O/c1-2-7-3-4-9(14)8(5-7)6-10(11,12)13/h7-8H,2-6H2,1H3. The molecule has 1 aliphatic carbocycles. The van der Waals surface area contributed by atoms with Gasteiger partial charge >= 0.3 is 6.18 Å². The summed E-state index contributed by atoms with van der Waals surface area (Å²) in [6, 6.07) is 0. The van der Waals surface area contributed by atoms with Crippen LogP contribution in [0.15, 0.2) is 0 Å². The Morgan fingerprint density at radius 1 is 1.43 bits per heavy atom. The third-order valence-electron chi connectivity index (χ3n) is 2.93. The first kappa shape index (κ1) is 11.5. The number of hydrogen-bond acceptors (Lipinski definition) is 1. The molecule has 0 aromatic carbocycles. The van der Waals surface area contributed by atoms with Crippen LogP contribution in [-0.4, -0.2) is 12.0 Å². The van der Waals surface area contributed by atoms with E-state index in [2.05, 4.69) is 0 Å². The van der Waals surface area contributed by atoms with Gasteiger partial charge in [-0.15, -0.1) is 0 Å². The molecule has 0 aliphatic heterocycles. The predicted octanol–water partition coefficient (Wildman–Crippen LogP) is 3.33. The van der Waals surface area contributed by atoms with Gasteiger partial charge in [0, 0.05) is 12.3 Å². The molecule has 1 nitrogen and oxygen atoms in total. The highest BCUT2D eigenvalue weighted by Crippen LogP contribution is 2.35. The summed E-state index contributed by atoms with van der Waals surface area (Å²) in [7, 11) is 0. The van der Waals surface area contributed by atoms with Crippen molar-refractivity contribution in [1.82, 2.24) is 0 Å². The highest BCUT2D eigenvalue weighted by atomic mass is 19.4. The maximum absolute atomic E-state index is 12.1. The summed E-state index contributed by atoms with van der Waals surface area (Å²) in [6.07, 6.45) is -2.72. The van der Waals surface area contributed by atoms with E-state index in [4.69, 9.17) is 0 Å². The molecule has 0 bridgehead atoms. The molecule has 2 unspecified atom stereocenters. The van der Waals surface area contributed by atoms with Crippen molar-refractivity contribution in [2.24, 2.45) is 11.8 Å². The molecule has 0 radical (unpaired) electrons. The van der Waals surface area contributed by atoms with Crippen LogP contribution in [0.1, 0.15) is 39.0 Å². The second kappa shape index (κ2) is 4.32. The number of rotatable bonds is 2. The minimum absolute atomic E-state index is 0.202. The van der Waals surface area contributed by atoms with E-state index in [-0.39, 0.29) is 5.78 Å². The van der Waals surface area contributed by atoms with Gasteiger partial charge in [0.25, 0.3) is 0 Å².